The van der Waals surface area contributed by atoms with E-state index in [1.807, 2.05) is 4.90 Å². The summed E-state index contributed by atoms with van der Waals surface area (Å²) in [5.74, 6) is 4.50. The Labute approximate surface area is 235 Å². The molecule has 2 heterocycles. The van der Waals surface area contributed by atoms with Gasteiger partial charge in [-0.05, 0) is 31.0 Å². The van der Waals surface area contributed by atoms with Crippen molar-refractivity contribution in [2.75, 3.05) is 37.4 Å². The van der Waals surface area contributed by atoms with Crippen molar-refractivity contribution < 1.29 is 25.6 Å². The van der Waals surface area contributed by atoms with Crippen molar-refractivity contribution in [3.05, 3.63) is 76.7 Å². The van der Waals surface area contributed by atoms with Gasteiger partial charge in [0.1, 0.15) is 10.7 Å². The van der Waals surface area contributed by atoms with Crippen molar-refractivity contribution in [1.29, 1.82) is 0 Å². The molecule has 1 aliphatic heterocycles. The molecule has 1 fully saturated rings. The third-order valence-electron chi connectivity index (χ3n) is 6.33. The molecule has 40 heavy (non-hydrogen) atoms. The Bertz CT molecular complexity index is 1800. The van der Waals surface area contributed by atoms with E-state index in [1.165, 1.54) is 10.8 Å². The molecule has 10 nitrogen and oxygen atoms in total. The molecule has 0 saturated carbocycles. The van der Waals surface area contributed by atoms with Crippen LogP contribution in [0.15, 0.2) is 67.7 Å². The zero-order valence-electron chi connectivity index (χ0n) is 21.8. The summed E-state index contributed by atoms with van der Waals surface area (Å²) in [6.07, 6.45) is 2.83. The summed E-state index contributed by atoms with van der Waals surface area (Å²) in [7, 11) is -7.46. The zero-order chi connectivity index (χ0) is 29.1. The number of oxazole rings is 1. The van der Waals surface area contributed by atoms with Gasteiger partial charge in [0.05, 0.1) is 29.6 Å². The largest absolute Gasteiger partial charge is 0.420 e. The van der Waals surface area contributed by atoms with Gasteiger partial charge in [0.2, 0.25) is 0 Å². The molecule has 0 unspecified atom stereocenters. The average Bonchev–Trinajstić information content (AvgIpc) is 3.23. The van der Waals surface area contributed by atoms with E-state index in [2.05, 4.69) is 28.1 Å². The van der Waals surface area contributed by atoms with Crippen LogP contribution in [-0.4, -0.2) is 68.9 Å². The number of hydrogen-bond acceptors (Lipinski definition) is 8. The summed E-state index contributed by atoms with van der Waals surface area (Å²) in [5, 5.41) is 2.55. The lowest BCUT2D eigenvalue weighted by Gasteiger charge is -2.24. The van der Waals surface area contributed by atoms with Gasteiger partial charge in [-0.15, -0.1) is 4.40 Å². The van der Waals surface area contributed by atoms with Crippen LogP contribution >= 0.6 is 11.8 Å². The number of amidine groups is 1. The summed E-state index contributed by atoms with van der Waals surface area (Å²) < 4.78 is 74.2. The lowest BCUT2D eigenvalue weighted by molar-refractivity contribution is 0.332. The van der Waals surface area contributed by atoms with Crippen LogP contribution in [0.2, 0.25) is 0 Å². The smallest absolute Gasteiger partial charge is 0.408 e. The molecule has 0 bridgehead atoms. The second-order valence-corrected chi connectivity index (χ2v) is 13.6. The van der Waals surface area contributed by atoms with Gasteiger partial charge in [0.25, 0.3) is 10.0 Å². The molecule has 2 aromatic carbocycles. The third kappa shape index (κ3) is 6.49. The number of aromatic nitrogens is 1. The first-order chi connectivity index (χ1) is 19.0. The maximum absolute atomic E-state index is 15.2. The molecule has 1 saturated heterocycles. The number of halogens is 1. The zero-order valence-corrected chi connectivity index (χ0v) is 24.2. The molecular weight excluding hydrogens is 580 g/mol. The number of sulfone groups is 1. The summed E-state index contributed by atoms with van der Waals surface area (Å²) in [5.41, 5.74) is 1.26. The van der Waals surface area contributed by atoms with Crippen LogP contribution in [-0.2, 0) is 19.9 Å². The van der Waals surface area contributed by atoms with Crippen LogP contribution < -0.4 is 11.1 Å². The molecule has 0 amide bonds. The number of nitrogens with zero attached hydrogens (tertiary/aromatic N) is 3. The van der Waals surface area contributed by atoms with Gasteiger partial charge in [-0.3, -0.25) is 9.47 Å². The first kappa shape index (κ1) is 29.6. The molecule has 0 aliphatic carbocycles. The first-order valence-corrected chi connectivity index (χ1v) is 16.6. The first-order valence-electron chi connectivity index (χ1n) is 12.1. The maximum Gasteiger partial charge on any atom is 0.420 e. The van der Waals surface area contributed by atoms with E-state index in [-0.39, 0.29) is 27.8 Å². The fourth-order valence-corrected chi connectivity index (χ4v) is 7.24. The van der Waals surface area contributed by atoms with Gasteiger partial charge in [-0.1, -0.05) is 48.4 Å². The molecule has 3 aromatic rings. The van der Waals surface area contributed by atoms with Gasteiger partial charge >= 0.3 is 5.76 Å². The van der Waals surface area contributed by atoms with E-state index >= 15 is 4.39 Å². The molecule has 0 spiro atoms. The van der Waals surface area contributed by atoms with E-state index in [0.717, 1.165) is 23.9 Å². The van der Waals surface area contributed by atoms with Gasteiger partial charge in [0, 0.05) is 30.8 Å². The quantitative estimate of drug-likeness (QED) is 0.256. The van der Waals surface area contributed by atoms with Gasteiger partial charge < -0.3 is 9.73 Å². The minimum Gasteiger partial charge on any atom is -0.408 e. The number of hydrogen-bond donors (Lipinski definition) is 1. The van der Waals surface area contributed by atoms with Crippen molar-refractivity contribution >= 4 is 47.9 Å². The van der Waals surface area contributed by atoms with E-state index in [0.29, 0.717) is 30.8 Å². The van der Waals surface area contributed by atoms with Crippen molar-refractivity contribution in [2.45, 2.75) is 17.9 Å². The van der Waals surface area contributed by atoms with E-state index in [4.69, 9.17) is 4.42 Å². The number of fused-ring (bicyclic) bond motifs is 1. The van der Waals surface area contributed by atoms with Crippen LogP contribution in [0.1, 0.15) is 24.1 Å². The highest BCUT2D eigenvalue weighted by Gasteiger charge is 2.26. The molecule has 14 heteroatoms. The molecule has 0 radical (unpaired) electrons. The Morgan fingerprint density at radius 1 is 1.30 bits per heavy atom. The topological polar surface area (TPSA) is 131 Å². The Morgan fingerprint density at radius 3 is 2.67 bits per heavy atom. The minimum atomic E-state index is -4.47. The number of rotatable bonds is 6. The number of thioether (sulfide) groups is 1. The summed E-state index contributed by atoms with van der Waals surface area (Å²) in [6.45, 7) is 6.41. The predicted molar refractivity (Wildman–Crippen MR) is 154 cm³/mol. The summed E-state index contributed by atoms with van der Waals surface area (Å²) in [6, 6.07) is 8.40. The van der Waals surface area contributed by atoms with E-state index in [9.17, 15) is 21.6 Å². The van der Waals surface area contributed by atoms with Crippen molar-refractivity contribution in [3.8, 4) is 11.8 Å². The van der Waals surface area contributed by atoms with Crippen LogP contribution in [0.4, 0.5) is 4.39 Å². The summed E-state index contributed by atoms with van der Waals surface area (Å²) in [4.78, 5) is 14.1. The van der Waals surface area contributed by atoms with Gasteiger partial charge in [-0.2, -0.15) is 8.42 Å². The third-order valence-corrected chi connectivity index (χ3v) is 9.94. The second-order valence-electron chi connectivity index (χ2n) is 8.91. The van der Waals surface area contributed by atoms with Crippen LogP contribution in [0, 0.1) is 17.7 Å². The van der Waals surface area contributed by atoms with Crippen LogP contribution in [0.25, 0.3) is 11.1 Å². The molecule has 212 valence electrons. The normalized spacial score (nSPS) is 16.7. The van der Waals surface area contributed by atoms with Crippen LogP contribution in [0.3, 0.4) is 0 Å². The highest BCUT2D eigenvalue weighted by Crippen LogP contribution is 2.29. The van der Waals surface area contributed by atoms with Gasteiger partial charge in [0.15, 0.2) is 20.6 Å². The monoisotopic (exact) mass is 606 g/mol. The van der Waals surface area contributed by atoms with Crippen LogP contribution in [0.5, 0.6) is 0 Å². The highest BCUT2D eigenvalue weighted by atomic mass is 32.2. The van der Waals surface area contributed by atoms with Crippen molar-refractivity contribution in [1.82, 2.24) is 14.8 Å². The average molecular weight is 607 g/mol. The van der Waals surface area contributed by atoms with Gasteiger partial charge in [-0.25, -0.2) is 17.6 Å². The van der Waals surface area contributed by atoms with Crippen molar-refractivity contribution in [3.63, 3.8) is 0 Å². The lowest BCUT2D eigenvalue weighted by Crippen LogP contribution is -2.40. The van der Waals surface area contributed by atoms with E-state index < -0.39 is 42.4 Å². The number of sulfonamides is 1. The van der Waals surface area contributed by atoms with E-state index in [1.54, 1.807) is 37.4 Å². The summed E-state index contributed by atoms with van der Waals surface area (Å²) >= 11 is 0.999. The lowest BCUT2D eigenvalue weighted by atomic mass is 10.0. The molecule has 1 aromatic heterocycles. The Balaban J connectivity index is 1.67. The highest BCUT2D eigenvalue weighted by molar-refractivity contribution is 8.13. The van der Waals surface area contributed by atoms with Crippen molar-refractivity contribution in [2.24, 2.45) is 4.40 Å². The molecule has 1 atom stereocenters. The standard InChI is InChI=1S/C26H27FN4O6S3/c1-4-28-25(38-3)29-40(35,36)24-17-23-22(16-21(24)27)31(26(32)37-23)18(2)20-10-6-5-8-19(20)9-7-11-30-12-14-39(33,34)15-13-30/h4-6,8,10,16-18H,1,11-15H2,2-3H3,(H,28,29)/t18-/m1/s1. The number of benzene rings is 2. The number of nitrogens with one attached hydrogen (secondary N) is 1. The predicted octanol–water partition coefficient (Wildman–Crippen LogP) is 2.57. The Hall–Kier alpha value is -3.38. The maximum atomic E-state index is 15.2. The SMILES string of the molecule is C=CNC(=NS(=O)(=O)c1cc2oc(=O)n([C@H](C)c3ccccc3C#CCN3CCS(=O)(=O)CC3)c2cc1F)SC. The molecule has 1 aliphatic rings. The second kappa shape index (κ2) is 12.0. The Kier molecular flexibility index (Phi) is 8.89. The Morgan fingerprint density at radius 2 is 2.00 bits per heavy atom. The fraction of sp³-hybridized carbons (Fsp3) is 0.308. The molecule has 1 N–H and O–H groups in total. The molecule has 4 rings (SSSR count). The minimum absolute atomic E-state index is 0.00909. The fourth-order valence-electron chi connectivity index (χ4n) is 4.24. The molecular formula is C26H27FN4O6S3.